The lowest BCUT2D eigenvalue weighted by molar-refractivity contribution is 0.300. The molecule has 19 heavy (non-hydrogen) atoms. The fourth-order valence-corrected chi connectivity index (χ4v) is 4.89. The van der Waals surface area contributed by atoms with E-state index in [2.05, 4.69) is 26.1 Å². The Kier molecular flexibility index (Phi) is 6.06. The zero-order chi connectivity index (χ0) is 13.7. The van der Waals surface area contributed by atoms with Crippen LogP contribution >= 0.6 is 11.8 Å². The van der Waals surface area contributed by atoms with Gasteiger partial charge in [0.25, 0.3) is 0 Å². The van der Waals surface area contributed by atoms with Gasteiger partial charge in [0.15, 0.2) is 5.17 Å². The van der Waals surface area contributed by atoms with E-state index in [1.54, 1.807) is 0 Å². The van der Waals surface area contributed by atoms with Crippen LogP contribution in [0, 0.1) is 11.8 Å². The highest BCUT2D eigenvalue weighted by Gasteiger charge is 2.28. The van der Waals surface area contributed by atoms with Crippen molar-refractivity contribution in [1.29, 1.82) is 0 Å². The summed E-state index contributed by atoms with van der Waals surface area (Å²) in [7, 11) is 0. The lowest BCUT2D eigenvalue weighted by Crippen LogP contribution is -2.36. The van der Waals surface area contributed by atoms with Gasteiger partial charge in [-0.3, -0.25) is 4.99 Å². The van der Waals surface area contributed by atoms with E-state index in [-0.39, 0.29) is 0 Å². The van der Waals surface area contributed by atoms with Crippen molar-refractivity contribution >= 4 is 16.9 Å². The average molecular weight is 282 g/mol. The van der Waals surface area contributed by atoms with Crippen LogP contribution < -0.4 is 5.32 Å². The number of hydrogen-bond acceptors (Lipinski definition) is 3. The van der Waals surface area contributed by atoms with E-state index in [1.165, 1.54) is 50.1 Å². The number of amidine groups is 1. The fourth-order valence-electron chi connectivity index (χ4n) is 3.50. The zero-order valence-corrected chi connectivity index (χ0v) is 13.6. The molecule has 0 aromatic carbocycles. The van der Waals surface area contributed by atoms with E-state index in [0.717, 1.165) is 23.6 Å². The number of hydrogen-bond donors (Lipinski definition) is 1. The van der Waals surface area contributed by atoms with Crippen molar-refractivity contribution in [2.45, 2.75) is 77.0 Å². The molecule has 2 nitrogen and oxygen atoms in total. The molecule has 1 fully saturated rings. The maximum absolute atomic E-state index is 4.75. The Morgan fingerprint density at radius 2 is 2.05 bits per heavy atom. The highest BCUT2D eigenvalue weighted by atomic mass is 32.2. The van der Waals surface area contributed by atoms with Gasteiger partial charge >= 0.3 is 0 Å². The first-order chi connectivity index (χ1) is 9.26. The second-order valence-electron chi connectivity index (χ2n) is 6.16. The van der Waals surface area contributed by atoms with Crippen LogP contribution in [0.25, 0.3) is 0 Å². The van der Waals surface area contributed by atoms with E-state index < -0.39 is 0 Å². The third-order valence-electron chi connectivity index (χ3n) is 4.94. The Bertz CT molecular complexity index is 299. The van der Waals surface area contributed by atoms with Gasteiger partial charge in [0.1, 0.15) is 0 Å². The van der Waals surface area contributed by atoms with Crippen molar-refractivity contribution in [3.63, 3.8) is 0 Å². The molecular formula is C16H30N2S. The maximum atomic E-state index is 4.75. The third-order valence-corrected chi connectivity index (χ3v) is 6.25. The first-order valence-electron chi connectivity index (χ1n) is 8.24. The second-order valence-corrected chi connectivity index (χ2v) is 7.39. The summed E-state index contributed by atoms with van der Waals surface area (Å²) in [6.07, 6.45) is 9.44. The smallest absolute Gasteiger partial charge is 0.157 e. The van der Waals surface area contributed by atoms with Gasteiger partial charge in [0.2, 0.25) is 0 Å². The summed E-state index contributed by atoms with van der Waals surface area (Å²) >= 11 is 2.01. The Balaban J connectivity index is 1.78. The summed E-state index contributed by atoms with van der Waals surface area (Å²) < 4.78 is 0. The van der Waals surface area contributed by atoms with E-state index in [9.17, 15) is 0 Å². The molecule has 0 saturated heterocycles. The lowest BCUT2D eigenvalue weighted by atomic mass is 9.84. The van der Waals surface area contributed by atoms with E-state index in [1.807, 2.05) is 11.8 Å². The van der Waals surface area contributed by atoms with Crippen molar-refractivity contribution < 1.29 is 0 Å². The van der Waals surface area contributed by atoms with Crippen LogP contribution in [0.1, 0.15) is 65.7 Å². The molecule has 1 N–H and O–H groups in total. The number of nitrogens with zero attached hydrogens (tertiary/aromatic N) is 1. The van der Waals surface area contributed by atoms with Crippen molar-refractivity contribution in [3.8, 4) is 0 Å². The van der Waals surface area contributed by atoms with Gasteiger partial charge in [-0.25, -0.2) is 0 Å². The Morgan fingerprint density at radius 3 is 2.74 bits per heavy atom. The maximum Gasteiger partial charge on any atom is 0.157 e. The highest BCUT2D eigenvalue weighted by molar-refractivity contribution is 8.14. The van der Waals surface area contributed by atoms with Crippen LogP contribution in [0.3, 0.4) is 0 Å². The van der Waals surface area contributed by atoms with Crippen molar-refractivity contribution in [1.82, 2.24) is 5.32 Å². The standard InChI is InChI=1S/C16H30N2S/c1-4-12-8-7-9-14(10-12)18-16-17-11-15(19-16)13(5-2)6-3/h12-15H,4-11H2,1-3H3,(H,17,18). The third kappa shape index (κ3) is 4.14. The van der Waals surface area contributed by atoms with Gasteiger partial charge in [0.05, 0.1) is 6.54 Å². The van der Waals surface area contributed by atoms with Crippen molar-refractivity contribution in [3.05, 3.63) is 0 Å². The summed E-state index contributed by atoms with van der Waals surface area (Å²) in [4.78, 5) is 4.75. The van der Waals surface area contributed by atoms with Crippen LogP contribution in [-0.4, -0.2) is 23.0 Å². The number of rotatable bonds is 5. The molecule has 110 valence electrons. The lowest BCUT2D eigenvalue weighted by Gasteiger charge is -2.29. The molecule has 2 rings (SSSR count). The zero-order valence-electron chi connectivity index (χ0n) is 12.8. The van der Waals surface area contributed by atoms with Gasteiger partial charge in [-0.15, -0.1) is 0 Å². The molecule has 2 aliphatic rings. The number of nitrogens with one attached hydrogen (secondary N) is 1. The highest BCUT2D eigenvalue weighted by Crippen LogP contribution is 2.32. The van der Waals surface area contributed by atoms with Crippen molar-refractivity contribution in [2.75, 3.05) is 6.54 Å². The molecule has 0 spiro atoms. The van der Waals surface area contributed by atoms with Crippen LogP contribution in [0.4, 0.5) is 0 Å². The quantitative estimate of drug-likeness (QED) is 0.805. The average Bonchev–Trinajstić information content (AvgIpc) is 2.89. The predicted molar refractivity (Wildman–Crippen MR) is 86.9 cm³/mol. The van der Waals surface area contributed by atoms with Crippen LogP contribution in [0.15, 0.2) is 4.99 Å². The summed E-state index contributed by atoms with van der Waals surface area (Å²) in [5.41, 5.74) is 0. The molecule has 0 bridgehead atoms. The van der Waals surface area contributed by atoms with Gasteiger partial charge in [-0.05, 0) is 24.7 Å². The monoisotopic (exact) mass is 282 g/mol. The van der Waals surface area contributed by atoms with Gasteiger partial charge in [0, 0.05) is 11.3 Å². The Labute approximate surface area is 123 Å². The predicted octanol–water partition coefficient (Wildman–Crippen LogP) is 4.45. The van der Waals surface area contributed by atoms with E-state index in [0.29, 0.717) is 6.04 Å². The van der Waals surface area contributed by atoms with Crippen LogP contribution in [0.2, 0.25) is 0 Å². The van der Waals surface area contributed by atoms with Gasteiger partial charge < -0.3 is 5.32 Å². The minimum atomic E-state index is 0.686. The van der Waals surface area contributed by atoms with E-state index >= 15 is 0 Å². The van der Waals surface area contributed by atoms with Crippen molar-refractivity contribution in [2.24, 2.45) is 16.8 Å². The molecule has 0 aromatic heterocycles. The first kappa shape index (κ1) is 15.2. The fraction of sp³-hybridized carbons (Fsp3) is 0.938. The molecule has 1 saturated carbocycles. The first-order valence-corrected chi connectivity index (χ1v) is 9.12. The normalized spacial score (nSPS) is 31.6. The van der Waals surface area contributed by atoms with Crippen LogP contribution in [0.5, 0.6) is 0 Å². The summed E-state index contributed by atoms with van der Waals surface area (Å²) in [6, 6.07) is 0.686. The molecule has 1 aliphatic heterocycles. The number of thioether (sulfide) groups is 1. The van der Waals surface area contributed by atoms with Crippen LogP contribution in [-0.2, 0) is 0 Å². The number of aliphatic imine (C=N–C) groups is 1. The summed E-state index contributed by atoms with van der Waals surface area (Å²) in [5, 5.41) is 5.69. The Morgan fingerprint density at radius 1 is 1.26 bits per heavy atom. The molecule has 3 unspecified atom stereocenters. The topological polar surface area (TPSA) is 24.4 Å². The molecule has 0 radical (unpaired) electrons. The molecule has 3 atom stereocenters. The van der Waals surface area contributed by atoms with Gasteiger partial charge in [-0.1, -0.05) is 64.6 Å². The molecule has 0 aromatic rings. The molecule has 0 amide bonds. The largest absolute Gasteiger partial charge is 0.362 e. The molecule has 1 aliphatic carbocycles. The molecule has 3 heteroatoms. The van der Waals surface area contributed by atoms with Gasteiger partial charge in [-0.2, -0.15) is 0 Å². The molecule has 1 heterocycles. The Hall–Kier alpha value is -0.180. The summed E-state index contributed by atoms with van der Waals surface area (Å²) in [6.45, 7) is 7.99. The minimum absolute atomic E-state index is 0.686. The SMILES string of the molecule is CCC1CCCC(NC2=NCC(C(CC)CC)S2)C1. The minimum Gasteiger partial charge on any atom is -0.362 e. The molecular weight excluding hydrogens is 252 g/mol. The van der Waals surface area contributed by atoms with E-state index in [4.69, 9.17) is 4.99 Å². The summed E-state index contributed by atoms with van der Waals surface area (Å²) in [5.74, 6) is 1.77. The second kappa shape index (κ2) is 7.56.